The summed E-state index contributed by atoms with van der Waals surface area (Å²) in [5.41, 5.74) is 1.48. The van der Waals surface area contributed by atoms with Crippen LogP contribution in [-0.2, 0) is 16.1 Å². The molecule has 0 aliphatic rings. The number of rotatable bonds is 5. The maximum Gasteiger partial charge on any atom is 0.252 e. The first-order valence-electron chi connectivity index (χ1n) is 6.52. The van der Waals surface area contributed by atoms with E-state index in [1.807, 2.05) is 24.3 Å². The highest BCUT2D eigenvalue weighted by atomic mass is 79.9. The van der Waals surface area contributed by atoms with Crippen LogP contribution in [0.1, 0.15) is 5.56 Å². The van der Waals surface area contributed by atoms with E-state index >= 15 is 0 Å². The highest BCUT2D eigenvalue weighted by molar-refractivity contribution is 9.10. The van der Waals surface area contributed by atoms with Crippen LogP contribution in [0.5, 0.6) is 0 Å². The Balaban J connectivity index is 1.93. The predicted molar refractivity (Wildman–Crippen MR) is 93.7 cm³/mol. The number of carbonyl (C=O) groups excluding carboxylic acids is 1. The Bertz CT molecular complexity index is 679. The molecule has 0 aliphatic carbocycles. The molecular weight excluding hydrogens is 389 g/mol. The molecule has 6 heteroatoms. The van der Waals surface area contributed by atoms with Crippen LogP contribution in [0.2, 0.25) is 10.0 Å². The number of amides is 1. The van der Waals surface area contributed by atoms with Crippen molar-refractivity contribution in [2.45, 2.75) is 6.61 Å². The zero-order valence-corrected chi connectivity index (χ0v) is 15.0. The second-order valence-corrected chi connectivity index (χ2v) is 6.36. The average Bonchev–Trinajstić information content (AvgIpc) is 2.48. The lowest BCUT2D eigenvalue weighted by Crippen LogP contribution is -2.30. The van der Waals surface area contributed by atoms with Crippen molar-refractivity contribution < 1.29 is 9.53 Å². The summed E-state index contributed by atoms with van der Waals surface area (Å²) in [6.07, 6.45) is 0. The van der Waals surface area contributed by atoms with Gasteiger partial charge in [-0.15, -0.1) is 0 Å². The number of nitrogens with zero attached hydrogens (tertiary/aromatic N) is 1. The molecule has 0 heterocycles. The van der Waals surface area contributed by atoms with E-state index in [1.54, 1.807) is 25.2 Å². The third-order valence-electron chi connectivity index (χ3n) is 3.09. The van der Waals surface area contributed by atoms with Gasteiger partial charge in [0.25, 0.3) is 5.91 Å². The number of benzene rings is 2. The summed E-state index contributed by atoms with van der Waals surface area (Å²) in [4.78, 5) is 13.6. The van der Waals surface area contributed by atoms with Crippen LogP contribution in [0.15, 0.2) is 46.9 Å². The second kappa shape index (κ2) is 7.97. The lowest BCUT2D eigenvalue weighted by molar-refractivity contribution is -0.123. The Morgan fingerprint density at radius 3 is 2.59 bits per heavy atom. The normalized spacial score (nSPS) is 10.5. The fourth-order valence-electron chi connectivity index (χ4n) is 1.85. The minimum Gasteiger partial charge on any atom is -0.367 e. The van der Waals surface area contributed by atoms with Gasteiger partial charge in [0.2, 0.25) is 0 Å². The van der Waals surface area contributed by atoms with Crippen molar-refractivity contribution in [2.24, 2.45) is 0 Å². The molecule has 1 amide bonds. The SMILES string of the molecule is CN(C(=O)COCc1ccccc1Cl)c1ccc(Br)cc1Cl. The molecule has 116 valence electrons. The van der Waals surface area contributed by atoms with Crippen molar-refractivity contribution in [2.75, 3.05) is 18.6 Å². The van der Waals surface area contributed by atoms with Gasteiger partial charge in [-0.2, -0.15) is 0 Å². The van der Waals surface area contributed by atoms with Crippen LogP contribution in [0.3, 0.4) is 0 Å². The molecule has 0 unspecified atom stereocenters. The number of anilines is 1. The first-order chi connectivity index (χ1) is 10.5. The zero-order valence-electron chi connectivity index (χ0n) is 11.9. The van der Waals surface area contributed by atoms with Gasteiger partial charge >= 0.3 is 0 Å². The predicted octanol–water partition coefficient (Wildman–Crippen LogP) is 4.94. The smallest absolute Gasteiger partial charge is 0.252 e. The van der Waals surface area contributed by atoms with Crippen molar-refractivity contribution in [3.8, 4) is 0 Å². The largest absolute Gasteiger partial charge is 0.367 e. The Morgan fingerprint density at radius 2 is 1.91 bits per heavy atom. The lowest BCUT2D eigenvalue weighted by atomic mass is 10.2. The summed E-state index contributed by atoms with van der Waals surface area (Å²) in [5.74, 6) is -0.184. The summed E-state index contributed by atoms with van der Waals surface area (Å²) in [6, 6.07) is 12.7. The molecular formula is C16H14BrCl2NO2. The molecule has 0 bridgehead atoms. The number of likely N-dealkylation sites (N-methyl/N-ethyl adjacent to an activating group) is 1. The number of ether oxygens (including phenoxy) is 1. The standard InChI is InChI=1S/C16H14BrCl2NO2/c1-20(15-7-6-12(17)8-14(15)19)16(21)10-22-9-11-4-2-3-5-13(11)18/h2-8H,9-10H2,1H3. The molecule has 0 N–H and O–H groups in total. The van der Waals surface area contributed by atoms with E-state index in [9.17, 15) is 4.79 Å². The molecule has 0 saturated heterocycles. The van der Waals surface area contributed by atoms with Crippen LogP contribution in [0, 0.1) is 0 Å². The monoisotopic (exact) mass is 401 g/mol. The third kappa shape index (κ3) is 4.46. The lowest BCUT2D eigenvalue weighted by Gasteiger charge is -2.19. The number of hydrogen-bond acceptors (Lipinski definition) is 2. The fourth-order valence-corrected chi connectivity index (χ4v) is 2.84. The van der Waals surface area contributed by atoms with E-state index in [0.29, 0.717) is 15.7 Å². The van der Waals surface area contributed by atoms with Crippen molar-refractivity contribution in [3.05, 3.63) is 62.5 Å². The van der Waals surface area contributed by atoms with E-state index in [-0.39, 0.29) is 19.1 Å². The minimum atomic E-state index is -0.184. The molecule has 0 atom stereocenters. The van der Waals surface area contributed by atoms with Crippen LogP contribution in [-0.4, -0.2) is 19.6 Å². The molecule has 0 saturated carbocycles. The molecule has 0 aromatic heterocycles. The molecule has 0 fully saturated rings. The summed E-state index contributed by atoms with van der Waals surface area (Å²) in [7, 11) is 1.66. The number of halogens is 3. The summed E-state index contributed by atoms with van der Waals surface area (Å²) in [6.45, 7) is 0.238. The van der Waals surface area contributed by atoms with Gasteiger partial charge in [0.1, 0.15) is 6.61 Å². The van der Waals surface area contributed by atoms with E-state index < -0.39 is 0 Å². The van der Waals surface area contributed by atoms with Gasteiger partial charge in [0.05, 0.1) is 17.3 Å². The van der Waals surface area contributed by atoms with E-state index in [1.165, 1.54) is 4.90 Å². The molecule has 0 spiro atoms. The van der Waals surface area contributed by atoms with E-state index in [2.05, 4.69) is 15.9 Å². The van der Waals surface area contributed by atoms with Crippen LogP contribution >= 0.6 is 39.1 Å². The van der Waals surface area contributed by atoms with Crippen LogP contribution in [0.4, 0.5) is 5.69 Å². The topological polar surface area (TPSA) is 29.5 Å². The summed E-state index contributed by atoms with van der Waals surface area (Å²) in [5, 5.41) is 1.12. The third-order valence-corrected chi connectivity index (χ3v) is 4.25. The van der Waals surface area contributed by atoms with Gasteiger partial charge in [-0.25, -0.2) is 0 Å². The Morgan fingerprint density at radius 1 is 1.18 bits per heavy atom. The van der Waals surface area contributed by atoms with Crippen LogP contribution in [0.25, 0.3) is 0 Å². The second-order valence-electron chi connectivity index (χ2n) is 4.63. The molecule has 2 aromatic rings. The van der Waals surface area contributed by atoms with Crippen LogP contribution < -0.4 is 4.90 Å². The Kier molecular flexibility index (Phi) is 6.26. The van der Waals surface area contributed by atoms with Crippen molar-refractivity contribution in [1.29, 1.82) is 0 Å². The van der Waals surface area contributed by atoms with Gasteiger partial charge in [0.15, 0.2) is 0 Å². The van der Waals surface area contributed by atoms with Gasteiger partial charge in [-0.05, 0) is 29.8 Å². The summed E-state index contributed by atoms with van der Waals surface area (Å²) >= 11 is 15.5. The first-order valence-corrected chi connectivity index (χ1v) is 8.06. The highest BCUT2D eigenvalue weighted by Crippen LogP contribution is 2.28. The van der Waals surface area contributed by atoms with Gasteiger partial charge in [0, 0.05) is 16.5 Å². The van der Waals surface area contributed by atoms with Crippen molar-refractivity contribution in [3.63, 3.8) is 0 Å². The maximum atomic E-state index is 12.2. The zero-order chi connectivity index (χ0) is 16.1. The highest BCUT2D eigenvalue weighted by Gasteiger charge is 2.14. The Labute approximate surface area is 147 Å². The molecule has 0 radical (unpaired) electrons. The minimum absolute atomic E-state index is 0.0475. The van der Waals surface area contributed by atoms with Crippen molar-refractivity contribution >= 4 is 50.7 Å². The first kappa shape index (κ1) is 17.3. The van der Waals surface area contributed by atoms with Gasteiger partial charge in [-0.1, -0.05) is 57.3 Å². The molecule has 3 nitrogen and oxygen atoms in total. The van der Waals surface area contributed by atoms with E-state index in [4.69, 9.17) is 27.9 Å². The maximum absolute atomic E-state index is 12.2. The summed E-state index contributed by atoms with van der Waals surface area (Å²) < 4.78 is 6.30. The molecule has 2 aromatic carbocycles. The average molecular weight is 403 g/mol. The quantitative estimate of drug-likeness (QED) is 0.709. The molecule has 0 aliphatic heterocycles. The van der Waals surface area contributed by atoms with Gasteiger partial charge in [-0.3, -0.25) is 4.79 Å². The fraction of sp³-hybridized carbons (Fsp3) is 0.188. The molecule has 2 rings (SSSR count). The molecule has 22 heavy (non-hydrogen) atoms. The Hall–Kier alpha value is -1.07. The van der Waals surface area contributed by atoms with Gasteiger partial charge < -0.3 is 9.64 Å². The number of carbonyl (C=O) groups is 1. The van der Waals surface area contributed by atoms with Crippen molar-refractivity contribution in [1.82, 2.24) is 0 Å². The van der Waals surface area contributed by atoms with E-state index in [0.717, 1.165) is 10.0 Å². The number of hydrogen-bond donors (Lipinski definition) is 0.